The number of aryl methyl sites for hydroxylation is 1. The number of methoxy groups -OCH3 is 2. The number of thiazole rings is 1. The van der Waals surface area contributed by atoms with Crippen LogP contribution in [0.4, 0.5) is 5.69 Å². The average molecular weight is 391 g/mol. The lowest BCUT2D eigenvalue weighted by molar-refractivity contribution is 0.355. The van der Waals surface area contributed by atoms with E-state index in [-0.39, 0.29) is 0 Å². The molecular formula is C22H21N3O2S. The second-order valence-electron chi connectivity index (χ2n) is 5.97. The first-order chi connectivity index (χ1) is 13.7. The van der Waals surface area contributed by atoms with Crippen LogP contribution in [0.2, 0.25) is 0 Å². The first kappa shape index (κ1) is 19.5. The van der Waals surface area contributed by atoms with Crippen molar-refractivity contribution in [3.63, 3.8) is 0 Å². The Balaban J connectivity index is 1.81. The SMILES string of the molecule is CCc1ccc(N/C=C(\C#N)c2nc(-c3ccc(OC)c(OC)c3)cs2)cc1. The molecule has 28 heavy (non-hydrogen) atoms. The van der Waals surface area contributed by atoms with Crippen LogP contribution in [-0.2, 0) is 6.42 Å². The molecule has 0 aliphatic rings. The number of benzene rings is 2. The number of allylic oxidation sites excluding steroid dienone is 1. The van der Waals surface area contributed by atoms with Gasteiger partial charge in [0.2, 0.25) is 0 Å². The lowest BCUT2D eigenvalue weighted by Crippen LogP contribution is -1.92. The smallest absolute Gasteiger partial charge is 0.161 e. The maximum atomic E-state index is 9.54. The van der Waals surface area contributed by atoms with Crippen LogP contribution in [0.15, 0.2) is 54.0 Å². The lowest BCUT2D eigenvalue weighted by atomic mass is 10.1. The molecule has 0 fully saturated rings. The van der Waals surface area contributed by atoms with Gasteiger partial charge in [-0.3, -0.25) is 0 Å². The summed E-state index contributed by atoms with van der Waals surface area (Å²) < 4.78 is 10.6. The zero-order valence-electron chi connectivity index (χ0n) is 16.0. The van der Waals surface area contributed by atoms with E-state index in [1.807, 2.05) is 35.7 Å². The highest BCUT2D eigenvalue weighted by atomic mass is 32.1. The normalized spacial score (nSPS) is 11.0. The van der Waals surface area contributed by atoms with Gasteiger partial charge in [-0.2, -0.15) is 5.26 Å². The highest BCUT2D eigenvalue weighted by Gasteiger charge is 2.11. The number of ether oxygens (including phenoxy) is 2. The molecule has 2 aromatic carbocycles. The number of anilines is 1. The summed E-state index contributed by atoms with van der Waals surface area (Å²) >= 11 is 1.43. The van der Waals surface area contributed by atoms with Gasteiger partial charge in [0.1, 0.15) is 16.6 Å². The van der Waals surface area contributed by atoms with Crippen LogP contribution in [0.25, 0.3) is 16.8 Å². The van der Waals surface area contributed by atoms with E-state index in [0.717, 1.165) is 23.4 Å². The van der Waals surface area contributed by atoms with Gasteiger partial charge in [-0.05, 0) is 42.3 Å². The molecule has 1 N–H and O–H groups in total. The number of nitriles is 1. The van der Waals surface area contributed by atoms with Crippen molar-refractivity contribution in [2.24, 2.45) is 0 Å². The molecule has 0 amide bonds. The molecule has 0 aliphatic carbocycles. The molecular weight excluding hydrogens is 370 g/mol. The van der Waals surface area contributed by atoms with Gasteiger partial charge in [0.05, 0.1) is 19.9 Å². The molecule has 3 rings (SSSR count). The summed E-state index contributed by atoms with van der Waals surface area (Å²) in [6, 6.07) is 16.0. The minimum absolute atomic E-state index is 0.483. The maximum Gasteiger partial charge on any atom is 0.161 e. The minimum Gasteiger partial charge on any atom is -0.493 e. The molecule has 0 bridgehead atoms. The van der Waals surface area contributed by atoms with E-state index in [0.29, 0.717) is 22.1 Å². The molecule has 142 valence electrons. The Labute approximate surface area is 168 Å². The molecule has 1 aromatic heterocycles. The minimum atomic E-state index is 0.483. The van der Waals surface area contributed by atoms with Crippen LogP contribution in [0.1, 0.15) is 17.5 Å². The summed E-state index contributed by atoms with van der Waals surface area (Å²) in [6.07, 6.45) is 2.69. The summed E-state index contributed by atoms with van der Waals surface area (Å²) in [5.74, 6) is 1.31. The fraction of sp³-hybridized carbons (Fsp3) is 0.182. The van der Waals surface area contributed by atoms with Gasteiger partial charge in [-0.25, -0.2) is 4.98 Å². The zero-order chi connectivity index (χ0) is 19.9. The molecule has 0 aliphatic heterocycles. The van der Waals surface area contributed by atoms with Gasteiger partial charge < -0.3 is 14.8 Å². The molecule has 0 saturated heterocycles. The summed E-state index contributed by atoms with van der Waals surface area (Å²) in [4.78, 5) is 4.61. The molecule has 1 heterocycles. The van der Waals surface area contributed by atoms with Crippen molar-refractivity contribution in [2.75, 3.05) is 19.5 Å². The Hall–Kier alpha value is -3.30. The van der Waals surface area contributed by atoms with E-state index >= 15 is 0 Å². The Bertz CT molecular complexity index is 1020. The van der Waals surface area contributed by atoms with Crippen LogP contribution < -0.4 is 14.8 Å². The summed E-state index contributed by atoms with van der Waals surface area (Å²) in [7, 11) is 3.20. The second-order valence-corrected chi connectivity index (χ2v) is 6.83. The first-order valence-corrected chi connectivity index (χ1v) is 9.70. The van der Waals surface area contributed by atoms with E-state index in [1.165, 1.54) is 16.9 Å². The maximum absolute atomic E-state index is 9.54. The number of rotatable bonds is 7. The van der Waals surface area contributed by atoms with Crippen LogP contribution in [-0.4, -0.2) is 19.2 Å². The first-order valence-electron chi connectivity index (χ1n) is 8.82. The van der Waals surface area contributed by atoms with Crippen LogP contribution in [0, 0.1) is 11.3 Å². The Morgan fingerprint density at radius 2 is 1.89 bits per heavy atom. The van der Waals surface area contributed by atoms with Gasteiger partial charge in [0, 0.05) is 22.8 Å². The highest BCUT2D eigenvalue weighted by molar-refractivity contribution is 7.11. The second kappa shape index (κ2) is 9.07. The lowest BCUT2D eigenvalue weighted by Gasteiger charge is -2.08. The van der Waals surface area contributed by atoms with Crippen molar-refractivity contribution in [2.45, 2.75) is 13.3 Å². The third-order valence-corrected chi connectivity index (χ3v) is 5.16. The molecule has 0 atom stereocenters. The van der Waals surface area contributed by atoms with E-state index < -0.39 is 0 Å². The Kier molecular flexibility index (Phi) is 6.30. The molecule has 0 radical (unpaired) electrons. The van der Waals surface area contributed by atoms with Gasteiger partial charge in [0.15, 0.2) is 11.5 Å². The fourth-order valence-electron chi connectivity index (χ4n) is 2.66. The zero-order valence-corrected chi connectivity index (χ0v) is 16.8. The number of hydrogen-bond acceptors (Lipinski definition) is 6. The number of aromatic nitrogens is 1. The van der Waals surface area contributed by atoms with Crippen LogP contribution in [0.3, 0.4) is 0 Å². The van der Waals surface area contributed by atoms with Gasteiger partial charge >= 0.3 is 0 Å². The van der Waals surface area contributed by atoms with Crippen molar-refractivity contribution in [1.82, 2.24) is 4.98 Å². The third-order valence-electron chi connectivity index (χ3n) is 4.28. The predicted octanol–water partition coefficient (Wildman–Crippen LogP) is 5.37. The van der Waals surface area contributed by atoms with Gasteiger partial charge in [-0.1, -0.05) is 19.1 Å². The van der Waals surface area contributed by atoms with Crippen molar-refractivity contribution in [3.05, 3.63) is 64.6 Å². The van der Waals surface area contributed by atoms with E-state index in [2.05, 4.69) is 35.4 Å². The van der Waals surface area contributed by atoms with E-state index in [9.17, 15) is 5.26 Å². The molecule has 0 saturated carbocycles. The fourth-order valence-corrected chi connectivity index (χ4v) is 3.45. The van der Waals surface area contributed by atoms with Crippen molar-refractivity contribution in [3.8, 4) is 28.8 Å². The molecule has 0 unspecified atom stereocenters. The molecule has 6 heteroatoms. The predicted molar refractivity (Wildman–Crippen MR) is 114 cm³/mol. The topological polar surface area (TPSA) is 67.2 Å². The van der Waals surface area contributed by atoms with Crippen molar-refractivity contribution < 1.29 is 9.47 Å². The largest absolute Gasteiger partial charge is 0.493 e. The van der Waals surface area contributed by atoms with Gasteiger partial charge in [0.25, 0.3) is 0 Å². The molecule has 0 spiro atoms. The summed E-state index contributed by atoms with van der Waals surface area (Å²) in [5, 5.41) is 15.3. The van der Waals surface area contributed by atoms with Crippen LogP contribution >= 0.6 is 11.3 Å². The van der Waals surface area contributed by atoms with Crippen molar-refractivity contribution >= 4 is 22.6 Å². The monoisotopic (exact) mass is 391 g/mol. The third kappa shape index (κ3) is 4.33. The van der Waals surface area contributed by atoms with E-state index in [1.54, 1.807) is 20.4 Å². The average Bonchev–Trinajstić information content (AvgIpc) is 3.24. The number of nitrogens with one attached hydrogen (secondary N) is 1. The summed E-state index contributed by atoms with van der Waals surface area (Å²) in [6.45, 7) is 2.12. The standard InChI is InChI=1S/C22H21N3O2S/c1-4-15-5-8-18(9-6-15)24-13-17(12-23)22-25-19(14-28-22)16-7-10-20(26-2)21(11-16)27-3/h5-11,13-14,24H,4H2,1-3H3/b17-13+. The van der Waals surface area contributed by atoms with Crippen LogP contribution in [0.5, 0.6) is 11.5 Å². The van der Waals surface area contributed by atoms with Gasteiger partial charge in [-0.15, -0.1) is 11.3 Å². The quantitative estimate of drug-likeness (QED) is 0.549. The highest BCUT2D eigenvalue weighted by Crippen LogP contribution is 2.33. The summed E-state index contributed by atoms with van der Waals surface area (Å²) in [5.41, 5.74) is 4.38. The number of hydrogen-bond donors (Lipinski definition) is 1. The van der Waals surface area contributed by atoms with Crippen molar-refractivity contribution in [1.29, 1.82) is 5.26 Å². The molecule has 3 aromatic rings. The van der Waals surface area contributed by atoms with E-state index in [4.69, 9.17) is 9.47 Å². The number of nitrogens with zero attached hydrogens (tertiary/aromatic N) is 2. The Morgan fingerprint density at radius 1 is 1.14 bits per heavy atom. The Morgan fingerprint density at radius 3 is 2.54 bits per heavy atom. The molecule has 5 nitrogen and oxygen atoms in total.